The van der Waals surface area contributed by atoms with Crippen molar-refractivity contribution in [3.05, 3.63) is 37.0 Å². The Hall–Kier alpha value is -1.51. The Bertz CT molecular complexity index is 257. The molecule has 0 saturated heterocycles. The minimum Gasteiger partial charge on any atom is -0.445 e. The highest BCUT2D eigenvalue weighted by molar-refractivity contribution is 5.67. The smallest absolute Gasteiger partial charge is 0.407 e. The van der Waals surface area contributed by atoms with Crippen molar-refractivity contribution in [3.63, 3.8) is 0 Å². The minimum absolute atomic E-state index is 0.212. The first-order valence-electron chi connectivity index (χ1n) is 5.58. The van der Waals surface area contributed by atoms with Gasteiger partial charge in [0.15, 0.2) is 0 Å². The number of hydrogen-bond donors (Lipinski definition) is 1. The second-order valence-electron chi connectivity index (χ2n) is 3.46. The van der Waals surface area contributed by atoms with Crippen LogP contribution in [0, 0.1) is 0 Å². The number of allylic oxidation sites excluding steroid dienone is 2. The van der Waals surface area contributed by atoms with Crippen LogP contribution in [0.25, 0.3) is 0 Å². The van der Waals surface area contributed by atoms with Crippen molar-refractivity contribution in [2.75, 3.05) is 13.2 Å². The van der Waals surface area contributed by atoms with Gasteiger partial charge in [0.2, 0.25) is 0 Å². The van der Waals surface area contributed by atoms with Crippen LogP contribution in [0.5, 0.6) is 0 Å². The molecule has 0 aliphatic rings. The summed E-state index contributed by atoms with van der Waals surface area (Å²) in [6.45, 7) is 10.3. The van der Waals surface area contributed by atoms with Crippen LogP contribution in [0.15, 0.2) is 37.0 Å². The van der Waals surface area contributed by atoms with E-state index in [0.717, 1.165) is 24.8 Å². The predicted octanol–water partition coefficient (Wildman–Crippen LogP) is 3.20. The van der Waals surface area contributed by atoms with Crippen LogP contribution < -0.4 is 5.32 Å². The summed E-state index contributed by atoms with van der Waals surface area (Å²) in [5.74, 6) is 0. The molecule has 0 unspecified atom stereocenters. The fraction of sp³-hybridized carbons (Fsp3) is 0.462. The molecule has 16 heavy (non-hydrogen) atoms. The number of nitrogens with one attached hydrogen (secondary N) is 1. The van der Waals surface area contributed by atoms with Crippen molar-refractivity contribution in [1.82, 2.24) is 5.32 Å². The molecule has 0 bridgehead atoms. The molecule has 0 heterocycles. The van der Waals surface area contributed by atoms with E-state index in [0.29, 0.717) is 6.54 Å². The average molecular weight is 223 g/mol. The first-order valence-corrected chi connectivity index (χ1v) is 5.58. The lowest BCUT2D eigenvalue weighted by molar-refractivity contribution is 0.156. The number of carbonyl (C=O) groups excluding carboxylic acids is 1. The molecule has 0 aliphatic heterocycles. The van der Waals surface area contributed by atoms with Crippen molar-refractivity contribution in [2.24, 2.45) is 0 Å². The van der Waals surface area contributed by atoms with Crippen LogP contribution in [0.3, 0.4) is 0 Å². The Morgan fingerprint density at radius 2 is 2.19 bits per heavy atom. The Kier molecular flexibility index (Phi) is 9.08. The van der Waals surface area contributed by atoms with E-state index < -0.39 is 0 Å². The van der Waals surface area contributed by atoms with E-state index in [1.807, 2.05) is 0 Å². The van der Waals surface area contributed by atoms with Crippen molar-refractivity contribution in [2.45, 2.75) is 26.2 Å². The molecule has 90 valence electrons. The molecule has 0 saturated carbocycles. The summed E-state index contributed by atoms with van der Waals surface area (Å²) < 4.78 is 4.95. The summed E-state index contributed by atoms with van der Waals surface area (Å²) in [5, 5.41) is 2.68. The molecule has 0 atom stereocenters. The zero-order valence-corrected chi connectivity index (χ0v) is 10.00. The third-order valence-corrected chi connectivity index (χ3v) is 1.91. The summed E-state index contributed by atoms with van der Waals surface area (Å²) in [5.41, 5.74) is 0.739. The summed E-state index contributed by atoms with van der Waals surface area (Å²) in [6, 6.07) is 0. The molecule has 0 aromatic carbocycles. The van der Waals surface area contributed by atoms with Crippen molar-refractivity contribution in [1.29, 1.82) is 0 Å². The normalized spacial score (nSPS) is 10.1. The number of alkyl carbamates (subject to hydrolysis) is 1. The quantitative estimate of drug-likeness (QED) is 0.507. The van der Waals surface area contributed by atoms with Gasteiger partial charge < -0.3 is 10.1 Å². The van der Waals surface area contributed by atoms with Crippen molar-refractivity contribution < 1.29 is 9.53 Å². The molecule has 3 nitrogen and oxygen atoms in total. The fourth-order valence-electron chi connectivity index (χ4n) is 1.03. The van der Waals surface area contributed by atoms with Crippen LogP contribution in [0.2, 0.25) is 0 Å². The molecule has 0 fully saturated rings. The van der Waals surface area contributed by atoms with Crippen LogP contribution in [0.1, 0.15) is 26.2 Å². The minimum atomic E-state index is -0.385. The van der Waals surface area contributed by atoms with Crippen LogP contribution in [0.4, 0.5) is 4.79 Å². The second-order valence-corrected chi connectivity index (χ2v) is 3.46. The van der Waals surface area contributed by atoms with Gasteiger partial charge in [0, 0.05) is 6.54 Å². The molecule has 3 heteroatoms. The second kappa shape index (κ2) is 10.0. The third kappa shape index (κ3) is 9.06. The first-order chi connectivity index (χ1) is 7.70. The molecule has 0 rings (SSSR count). The van der Waals surface area contributed by atoms with Gasteiger partial charge in [0.25, 0.3) is 0 Å². The van der Waals surface area contributed by atoms with Crippen molar-refractivity contribution >= 4 is 6.09 Å². The predicted molar refractivity (Wildman–Crippen MR) is 67.4 cm³/mol. The van der Waals surface area contributed by atoms with Gasteiger partial charge >= 0.3 is 6.09 Å². The van der Waals surface area contributed by atoms with Gasteiger partial charge in [-0.25, -0.2) is 4.79 Å². The van der Waals surface area contributed by atoms with E-state index in [2.05, 4.69) is 25.4 Å². The standard InChI is InChI=1S/C13H21NO2/c1-4-6-8-10-14-13(15)16-11-12(3)9-7-5-2/h5,7,9H,2-4,6,8,10-11H2,1H3,(H,14,15)/b9-7-. The highest BCUT2D eigenvalue weighted by Gasteiger charge is 2.00. The van der Waals surface area contributed by atoms with Gasteiger partial charge in [0.1, 0.15) is 6.61 Å². The Balaban J connectivity index is 3.53. The van der Waals surface area contributed by atoms with Gasteiger partial charge in [-0.3, -0.25) is 0 Å². The zero-order valence-electron chi connectivity index (χ0n) is 10.00. The Morgan fingerprint density at radius 3 is 2.81 bits per heavy atom. The topological polar surface area (TPSA) is 38.3 Å². The molecule has 0 aromatic heterocycles. The number of carbonyl (C=O) groups is 1. The molecular weight excluding hydrogens is 202 g/mol. The number of rotatable bonds is 8. The highest BCUT2D eigenvalue weighted by atomic mass is 16.5. The summed E-state index contributed by atoms with van der Waals surface area (Å²) in [4.78, 5) is 11.2. The lowest BCUT2D eigenvalue weighted by Gasteiger charge is -2.06. The van der Waals surface area contributed by atoms with E-state index >= 15 is 0 Å². The van der Waals surface area contributed by atoms with E-state index in [4.69, 9.17) is 4.74 Å². The highest BCUT2D eigenvalue weighted by Crippen LogP contribution is 1.95. The molecule has 0 radical (unpaired) electrons. The molecule has 0 aromatic rings. The SMILES string of the molecule is C=C/C=C\C(=C)COC(=O)NCCCCC. The molecular formula is C13H21NO2. The van der Waals surface area contributed by atoms with Crippen LogP contribution in [-0.4, -0.2) is 19.2 Å². The lowest BCUT2D eigenvalue weighted by atomic mass is 10.2. The van der Waals surface area contributed by atoms with Crippen molar-refractivity contribution in [3.8, 4) is 0 Å². The van der Waals surface area contributed by atoms with Gasteiger partial charge in [-0.15, -0.1) is 0 Å². The largest absolute Gasteiger partial charge is 0.445 e. The summed E-state index contributed by atoms with van der Waals surface area (Å²) >= 11 is 0. The molecule has 1 amide bonds. The lowest BCUT2D eigenvalue weighted by Crippen LogP contribution is -2.25. The van der Waals surface area contributed by atoms with Gasteiger partial charge in [-0.2, -0.15) is 0 Å². The number of hydrogen-bond acceptors (Lipinski definition) is 2. The monoisotopic (exact) mass is 223 g/mol. The Morgan fingerprint density at radius 1 is 1.44 bits per heavy atom. The number of ether oxygens (including phenoxy) is 1. The van der Waals surface area contributed by atoms with E-state index in [-0.39, 0.29) is 12.7 Å². The molecule has 1 N–H and O–H groups in total. The molecule has 0 spiro atoms. The maximum absolute atomic E-state index is 11.2. The number of amides is 1. The summed E-state index contributed by atoms with van der Waals surface area (Å²) in [6.07, 6.45) is 8.03. The Labute approximate surface area is 97.9 Å². The zero-order chi connectivity index (χ0) is 12.2. The fourth-order valence-corrected chi connectivity index (χ4v) is 1.03. The molecule has 0 aliphatic carbocycles. The van der Waals surface area contributed by atoms with Gasteiger partial charge in [0.05, 0.1) is 0 Å². The maximum atomic E-state index is 11.2. The van der Waals surface area contributed by atoms with E-state index in [1.54, 1.807) is 18.2 Å². The third-order valence-electron chi connectivity index (χ3n) is 1.91. The van der Waals surface area contributed by atoms with Gasteiger partial charge in [-0.05, 0) is 12.0 Å². The van der Waals surface area contributed by atoms with Crippen LogP contribution in [-0.2, 0) is 4.74 Å². The van der Waals surface area contributed by atoms with E-state index in [9.17, 15) is 4.79 Å². The number of unbranched alkanes of at least 4 members (excludes halogenated alkanes) is 2. The summed E-state index contributed by atoms with van der Waals surface area (Å²) in [7, 11) is 0. The van der Waals surface area contributed by atoms with E-state index in [1.165, 1.54) is 0 Å². The maximum Gasteiger partial charge on any atom is 0.407 e. The first kappa shape index (κ1) is 14.5. The van der Waals surface area contributed by atoms with Crippen LogP contribution >= 0.6 is 0 Å². The van der Waals surface area contributed by atoms with Gasteiger partial charge in [-0.1, -0.05) is 51.2 Å². The average Bonchev–Trinajstić information content (AvgIpc) is 2.29.